The molecule has 0 radical (unpaired) electrons. The molecule has 1 aliphatic heterocycles. The van der Waals surface area contributed by atoms with Crippen LogP contribution in [0.1, 0.15) is 29.6 Å². The molecule has 1 heterocycles. The average Bonchev–Trinajstić information content (AvgIpc) is 3.26. The van der Waals surface area contributed by atoms with Gasteiger partial charge in [0.25, 0.3) is 5.91 Å². The molecular weight excluding hydrogens is 382 g/mol. The molecule has 0 saturated carbocycles. The maximum atomic E-state index is 12.6. The van der Waals surface area contributed by atoms with E-state index in [9.17, 15) is 4.79 Å². The van der Waals surface area contributed by atoms with Gasteiger partial charge in [-0.1, -0.05) is 12.7 Å². The fourth-order valence-corrected chi connectivity index (χ4v) is 3.37. The van der Waals surface area contributed by atoms with Gasteiger partial charge >= 0.3 is 0 Å². The second kappa shape index (κ2) is 10.5. The lowest BCUT2D eigenvalue weighted by atomic mass is 10.1. The maximum Gasteiger partial charge on any atom is 0.257 e. The van der Waals surface area contributed by atoms with Gasteiger partial charge in [0.05, 0.1) is 19.3 Å². The Balaban J connectivity index is 1.61. The van der Waals surface area contributed by atoms with Crippen LogP contribution in [0.15, 0.2) is 49.1 Å². The Morgan fingerprint density at radius 3 is 2.83 bits per heavy atom. The summed E-state index contributed by atoms with van der Waals surface area (Å²) in [5.41, 5.74) is 7.31. The third-order valence-electron chi connectivity index (χ3n) is 4.94. The Hall–Kier alpha value is -3.19. The maximum absolute atomic E-state index is 12.6. The summed E-state index contributed by atoms with van der Waals surface area (Å²) >= 11 is 0. The van der Waals surface area contributed by atoms with Crippen molar-refractivity contribution in [3.05, 3.63) is 54.6 Å². The standard InChI is InChI=1S/C23H29N3O4/c1-3-12-29-18-7-8-19(20(24)15-18)23(27)26-17-6-9-21(22(14-17)28-2)30-13-10-16-5-4-11-25-16/h3,6-9,14-16,25H,1,4-5,10-13,24H2,2H3,(H,26,27). The van der Waals surface area contributed by atoms with Crippen molar-refractivity contribution < 1.29 is 19.0 Å². The number of hydrogen-bond acceptors (Lipinski definition) is 6. The van der Waals surface area contributed by atoms with Crippen molar-refractivity contribution in [2.75, 3.05) is 37.9 Å². The van der Waals surface area contributed by atoms with Crippen LogP contribution in [0.5, 0.6) is 17.2 Å². The van der Waals surface area contributed by atoms with E-state index in [2.05, 4.69) is 17.2 Å². The van der Waals surface area contributed by atoms with Gasteiger partial charge in [0.2, 0.25) is 0 Å². The van der Waals surface area contributed by atoms with Crippen molar-refractivity contribution in [1.82, 2.24) is 5.32 Å². The molecule has 4 N–H and O–H groups in total. The van der Waals surface area contributed by atoms with E-state index in [-0.39, 0.29) is 5.91 Å². The second-order valence-corrected chi connectivity index (χ2v) is 7.10. The lowest BCUT2D eigenvalue weighted by molar-refractivity contribution is 0.102. The van der Waals surface area contributed by atoms with Crippen LogP contribution < -0.4 is 30.6 Å². The largest absolute Gasteiger partial charge is 0.493 e. The first kappa shape index (κ1) is 21.5. The molecule has 0 bridgehead atoms. The molecule has 1 unspecified atom stereocenters. The molecule has 2 aromatic rings. The molecule has 160 valence electrons. The van der Waals surface area contributed by atoms with Gasteiger partial charge in [-0.3, -0.25) is 4.79 Å². The van der Waals surface area contributed by atoms with Crippen molar-refractivity contribution >= 4 is 17.3 Å². The average molecular weight is 412 g/mol. The van der Waals surface area contributed by atoms with E-state index < -0.39 is 0 Å². The van der Waals surface area contributed by atoms with Crippen molar-refractivity contribution in [2.45, 2.75) is 25.3 Å². The van der Waals surface area contributed by atoms with Crippen LogP contribution in [0.3, 0.4) is 0 Å². The minimum absolute atomic E-state index is 0.314. The molecule has 1 fully saturated rings. The van der Waals surface area contributed by atoms with Gasteiger partial charge in [-0.15, -0.1) is 0 Å². The zero-order chi connectivity index (χ0) is 21.3. The first-order valence-corrected chi connectivity index (χ1v) is 10.1. The Labute approximate surface area is 177 Å². The van der Waals surface area contributed by atoms with Crippen LogP contribution >= 0.6 is 0 Å². The number of methoxy groups -OCH3 is 1. The van der Waals surface area contributed by atoms with Crippen LogP contribution in [0, 0.1) is 0 Å². The molecular formula is C23H29N3O4. The summed E-state index contributed by atoms with van der Waals surface area (Å²) in [4.78, 5) is 12.6. The number of rotatable bonds is 10. The lowest BCUT2D eigenvalue weighted by Gasteiger charge is -2.15. The highest BCUT2D eigenvalue weighted by Crippen LogP contribution is 2.31. The highest BCUT2D eigenvalue weighted by atomic mass is 16.5. The van der Waals surface area contributed by atoms with Crippen molar-refractivity contribution in [2.24, 2.45) is 0 Å². The minimum atomic E-state index is -0.314. The molecule has 2 aromatic carbocycles. The smallest absolute Gasteiger partial charge is 0.257 e. The number of carbonyl (C=O) groups excluding carboxylic acids is 1. The van der Waals surface area contributed by atoms with E-state index in [0.717, 1.165) is 13.0 Å². The van der Waals surface area contributed by atoms with Crippen LogP contribution in [0.2, 0.25) is 0 Å². The van der Waals surface area contributed by atoms with Gasteiger partial charge in [-0.05, 0) is 50.1 Å². The van der Waals surface area contributed by atoms with Crippen molar-refractivity contribution in [1.29, 1.82) is 0 Å². The first-order chi connectivity index (χ1) is 14.6. The number of nitrogens with two attached hydrogens (primary N) is 1. The van der Waals surface area contributed by atoms with Crippen LogP contribution in [-0.2, 0) is 0 Å². The molecule has 30 heavy (non-hydrogen) atoms. The van der Waals surface area contributed by atoms with Crippen molar-refractivity contribution in [3.8, 4) is 17.2 Å². The number of nitrogens with one attached hydrogen (secondary N) is 2. The topological polar surface area (TPSA) is 94.8 Å². The number of benzene rings is 2. The molecule has 0 aliphatic carbocycles. The van der Waals surface area contributed by atoms with Gasteiger partial charge in [0, 0.05) is 29.5 Å². The number of anilines is 2. The zero-order valence-electron chi connectivity index (χ0n) is 17.3. The fraction of sp³-hybridized carbons (Fsp3) is 0.348. The molecule has 0 aromatic heterocycles. The zero-order valence-corrected chi connectivity index (χ0v) is 17.3. The third kappa shape index (κ3) is 5.67. The van der Waals surface area contributed by atoms with Crippen molar-refractivity contribution in [3.63, 3.8) is 0 Å². The predicted octanol–water partition coefficient (Wildman–Crippen LogP) is 3.62. The monoisotopic (exact) mass is 411 g/mol. The molecule has 0 spiro atoms. The summed E-state index contributed by atoms with van der Waals surface area (Å²) in [6.45, 7) is 5.66. The summed E-state index contributed by atoms with van der Waals surface area (Å²) < 4.78 is 16.7. The van der Waals surface area contributed by atoms with E-state index >= 15 is 0 Å². The van der Waals surface area contributed by atoms with Crippen LogP contribution in [-0.4, -0.2) is 38.8 Å². The quantitative estimate of drug-likeness (QED) is 0.408. The number of carbonyl (C=O) groups is 1. The first-order valence-electron chi connectivity index (χ1n) is 10.1. The molecule has 7 nitrogen and oxygen atoms in total. The van der Waals surface area contributed by atoms with Gasteiger partial charge in [-0.2, -0.15) is 0 Å². The normalized spacial score (nSPS) is 15.4. The van der Waals surface area contributed by atoms with Gasteiger partial charge in [0.15, 0.2) is 11.5 Å². The fourth-order valence-electron chi connectivity index (χ4n) is 3.37. The summed E-state index contributed by atoms with van der Waals surface area (Å²) in [5.74, 6) is 1.48. The molecule has 1 amide bonds. The lowest BCUT2D eigenvalue weighted by Crippen LogP contribution is -2.23. The minimum Gasteiger partial charge on any atom is -0.493 e. The summed E-state index contributed by atoms with van der Waals surface area (Å²) in [6, 6.07) is 10.8. The molecule has 3 rings (SSSR count). The van der Waals surface area contributed by atoms with Gasteiger partial charge < -0.3 is 30.6 Å². The number of hydrogen-bond donors (Lipinski definition) is 3. The Morgan fingerprint density at radius 1 is 1.27 bits per heavy atom. The summed E-state index contributed by atoms with van der Waals surface area (Å²) in [5, 5.41) is 6.30. The van der Waals surface area contributed by atoms with E-state index in [1.165, 1.54) is 12.8 Å². The highest BCUT2D eigenvalue weighted by Gasteiger charge is 2.15. The van der Waals surface area contributed by atoms with Gasteiger partial charge in [0.1, 0.15) is 12.4 Å². The van der Waals surface area contributed by atoms with E-state index in [1.807, 2.05) is 0 Å². The number of amides is 1. The second-order valence-electron chi connectivity index (χ2n) is 7.10. The summed E-state index contributed by atoms with van der Waals surface area (Å²) in [7, 11) is 1.58. The van der Waals surface area contributed by atoms with E-state index in [0.29, 0.717) is 53.4 Å². The van der Waals surface area contributed by atoms with Crippen LogP contribution in [0.25, 0.3) is 0 Å². The Kier molecular flexibility index (Phi) is 7.57. The Morgan fingerprint density at radius 2 is 2.13 bits per heavy atom. The van der Waals surface area contributed by atoms with Gasteiger partial charge in [-0.25, -0.2) is 0 Å². The summed E-state index contributed by atoms with van der Waals surface area (Å²) in [6.07, 6.45) is 5.00. The third-order valence-corrected chi connectivity index (χ3v) is 4.94. The number of nitrogen functional groups attached to an aromatic ring is 1. The highest BCUT2D eigenvalue weighted by molar-refractivity contribution is 6.08. The van der Waals surface area contributed by atoms with Crippen LogP contribution in [0.4, 0.5) is 11.4 Å². The number of ether oxygens (including phenoxy) is 3. The van der Waals surface area contributed by atoms with E-state index in [4.69, 9.17) is 19.9 Å². The molecule has 7 heteroatoms. The molecule has 1 aliphatic rings. The Bertz CT molecular complexity index is 879. The predicted molar refractivity (Wildman–Crippen MR) is 119 cm³/mol. The molecule has 1 atom stereocenters. The SMILES string of the molecule is C=CCOc1ccc(C(=O)Nc2ccc(OCCC3CCCN3)c(OC)c2)c(N)c1. The van der Waals surface area contributed by atoms with E-state index in [1.54, 1.807) is 49.6 Å². The molecule has 1 saturated heterocycles.